The summed E-state index contributed by atoms with van der Waals surface area (Å²) < 4.78 is 21.0. The van der Waals surface area contributed by atoms with E-state index in [-0.39, 0.29) is 6.61 Å². The van der Waals surface area contributed by atoms with Gasteiger partial charge in [0.1, 0.15) is 13.2 Å². The van der Waals surface area contributed by atoms with E-state index in [0.29, 0.717) is 37.1 Å². The number of carbonyl (C=O) groups excluding carboxylic acids is 1. The molecule has 0 N–H and O–H groups in total. The van der Waals surface area contributed by atoms with Gasteiger partial charge in [-0.15, -0.1) is 0 Å². The van der Waals surface area contributed by atoms with Gasteiger partial charge in [-0.05, 0) is 19.1 Å². The van der Waals surface area contributed by atoms with Crippen LogP contribution in [0.1, 0.15) is 6.92 Å². The molecule has 5 nitrogen and oxygen atoms in total. The Labute approximate surface area is 99.2 Å². The highest BCUT2D eigenvalue weighted by molar-refractivity contribution is 5.71. The molecule has 5 heteroatoms. The van der Waals surface area contributed by atoms with Gasteiger partial charge in [0, 0.05) is 0 Å². The van der Waals surface area contributed by atoms with E-state index in [2.05, 4.69) is 0 Å². The first-order chi connectivity index (χ1) is 8.31. The number of rotatable bonds is 4. The smallest absolute Gasteiger partial charge is 0.344 e. The molecule has 0 saturated carbocycles. The van der Waals surface area contributed by atoms with Crippen LogP contribution in [0.2, 0.25) is 0 Å². The molecule has 0 amide bonds. The van der Waals surface area contributed by atoms with E-state index in [9.17, 15) is 4.79 Å². The molecule has 1 heterocycles. The van der Waals surface area contributed by atoms with Crippen LogP contribution in [0.15, 0.2) is 18.2 Å². The number of para-hydroxylation sites is 1. The minimum Gasteiger partial charge on any atom is -0.486 e. The van der Waals surface area contributed by atoms with Gasteiger partial charge < -0.3 is 18.9 Å². The third-order valence-electron chi connectivity index (χ3n) is 2.18. The molecule has 0 aliphatic carbocycles. The molecule has 1 aliphatic heterocycles. The molecule has 0 fully saturated rings. The van der Waals surface area contributed by atoms with E-state index in [4.69, 9.17) is 18.9 Å². The van der Waals surface area contributed by atoms with Gasteiger partial charge in [-0.3, -0.25) is 0 Å². The van der Waals surface area contributed by atoms with Crippen LogP contribution in [0.5, 0.6) is 17.2 Å². The highest BCUT2D eigenvalue weighted by Gasteiger charge is 2.17. The summed E-state index contributed by atoms with van der Waals surface area (Å²) in [6, 6.07) is 5.31. The second kappa shape index (κ2) is 5.43. The molecule has 0 aromatic heterocycles. The topological polar surface area (TPSA) is 54.0 Å². The van der Waals surface area contributed by atoms with Gasteiger partial charge >= 0.3 is 5.97 Å². The van der Waals surface area contributed by atoms with Gasteiger partial charge in [0.15, 0.2) is 18.1 Å². The van der Waals surface area contributed by atoms with Crippen molar-refractivity contribution >= 4 is 5.97 Å². The summed E-state index contributed by atoms with van der Waals surface area (Å²) in [6.45, 7) is 2.96. The van der Waals surface area contributed by atoms with E-state index < -0.39 is 5.97 Å². The third kappa shape index (κ3) is 2.81. The SMILES string of the molecule is CCOC(=O)COc1cccc2c1OCCO2. The van der Waals surface area contributed by atoms with Gasteiger partial charge in [-0.25, -0.2) is 4.79 Å². The van der Waals surface area contributed by atoms with Crippen molar-refractivity contribution in [2.45, 2.75) is 6.92 Å². The Morgan fingerprint density at radius 3 is 3.00 bits per heavy atom. The van der Waals surface area contributed by atoms with Crippen molar-refractivity contribution in [3.63, 3.8) is 0 Å². The zero-order valence-corrected chi connectivity index (χ0v) is 9.60. The van der Waals surface area contributed by atoms with E-state index in [1.807, 2.05) is 0 Å². The highest BCUT2D eigenvalue weighted by Crippen LogP contribution is 2.38. The number of carbonyl (C=O) groups is 1. The quantitative estimate of drug-likeness (QED) is 0.742. The Bertz CT molecular complexity index is 402. The normalized spacial score (nSPS) is 13.0. The molecule has 17 heavy (non-hydrogen) atoms. The van der Waals surface area contributed by atoms with Crippen LogP contribution in [0.4, 0.5) is 0 Å². The van der Waals surface area contributed by atoms with Crippen LogP contribution in [0, 0.1) is 0 Å². The molecule has 0 atom stereocenters. The molecule has 1 aliphatic rings. The van der Waals surface area contributed by atoms with Crippen molar-refractivity contribution in [2.24, 2.45) is 0 Å². The van der Waals surface area contributed by atoms with Gasteiger partial charge in [0.05, 0.1) is 6.61 Å². The van der Waals surface area contributed by atoms with Crippen LogP contribution >= 0.6 is 0 Å². The third-order valence-corrected chi connectivity index (χ3v) is 2.18. The van der Waals surface area contributed by atoms with Crippen molar-refractivity contribution < 1.29 is 23.7 Å². The molecular weight excluding hydrogens is 224 g/mol. The Kier molecular flexibility index (Phi) is 3.69. The van der Waals surface area contributed by atoms with E-state index >= 15 is 0 Å². The predicted octanol–water partition coefficient (Wildman–Crippen LogP) is 1.40. The first kappa shape index (κ1) is 11.6. The van der Waals surface area contributed by atoms with Crippen LogP contribution in [0.25, 0.3) is 0 Å². The average Bonchev–Trinajstić information content (AvgIpc) is 2.36. The molecule has 1 aromatic carbocycles. The molecule has 0 bridgehead atoms. The first-order valence-corrected chi connectivity index (χ1v) is 5.48. The molecule has 2 rings (SSSR count). The van der Waals surface area contributed by atoms with Crippen LogP contribution < -0.4 is 14.2 Å². The van der Waals surface area contributed by atoms with Crippen LogP contribution in [-0.4, -0.2) is 32.4 Å². The fourth-order valence-electron chi connectivity index (χ4n) is 1.50. The summed E-state index contributed by atoms with van der Waals surface area (Å²) in [5.74, 6) is 1.28. The second-order valence-corrected chi connectivity index (χ2v) is 3.37. The molecule has 0 saturated heterocycles. The lowest BCUT2D eigenvalue weighted by atomic mass is 10.3. The summed E-state index contributed by atoms with van der Waals surface area (Å²) in [5.41, 5.74) is 0. The average molecular weight is 238 g/mol. The number of hydrogen-bond acceptors (Lipinski definition) is 5. The summed E-state index contributed by atoms with van der Waals surface area (Å²) in [5, 5.41) is 0. The summed E-state index contributed by atoms with van der Waals surface area (Å²) in [7, 11) is 0. The molecular formula is C12H14O5. The Morgan fingerprint density at radius 1 is 1.35 bits per heavy atom. The van der Waals surface area contributed by atoms with Crippen molar-refractivity contribution in [3.05, 3.63) is 18.2 Å². The summed E-state index contributed by atoms with van der Waals surface area (Å²) in [4.78, 5) is 11.2. The molecule has 1 aromatic rings. The van der Waals surface area contributed by atoms with Crippen molar-refractivity contribution in [1.29, 1.82) is 0 Å². The van der Waals surface area contributed by atoms with Crippen LogP contribution in [-0.2, 0) is 9.53 Å². The number of fused-ring (bicyclic) bond motifs is 1. The molecule has 0 unspecified atom stereocenters. The van der Waals surface area contributed by atoms with Crippen molar-refractivity contribution in [2.75, 3.05) is 26.4 Å². The lowest BCUT2D eigenvalue weighted by Crippen LogP contribution is -2.18. The maximum Gasteiger partial charge on any atom is 0.344 e. The minimum absolute atomic E-state index is 0.131. The molecule has 92 valence electrons. The minimum atomic E-state index is -0.401. The van der Waals surface area contributed by atoms with E-state index in [1.165, 1.54) is 0 Å². The standard InChI is InChI=1S/C12H14O5/c1-2-14-11(13)8-17-10-5-3-4-9-12(10)16-7-6-15-9/h3-5H,2,6-8H2,1H3. The van der Waals surface area contributed by atoms with Gasteiger partial charge in [0.25, 0.3) is 0 Å². The monoisotopic (exact) mass is 238 g/mol. The second-order valence-electron chi connectivity index (χ2n) is 3.37. The molecule has 0 radical (unpaired) electrons. The zero-order chi connectivity index (χ0) is 12.1. The van der Waals surface area contributed by atoms with Gasteiger partial charge in [0.2, 0.25) is 5.75 Å². The largest absolute Gasteiger partial charge is 0.486 e. The van der Waals surface area contributed by atoms with Crippen LogP contribution in [0.3, 0.4) is 0 Å². The van der Waals surface area contributed by atoms with Gasteiger partial charge in [-0.2, -0.15) is 0 Å². The van der Waals surface area contributed by atoms with Crippen molar-refractivity contribution in [3.8, 4) is 17.2 Å². The predicted molar refractivity (Wildman–Crippen MR) is 59.6 cm³/mol. The number of benzene rings is 1. The first-order valence-electron chi connectivity index (χ1n) is 5.48. The zero-order valence-electron chi connectivity index (χ0n) is 9.60. The summed E-state index contributed by atoms with van der Waals surface area (Å²) in [6.07, 6.45) is 0. The Hall–Kier alpha value is -1.91. The number of hydrogen-bond donors (Lipinski definition) is 0. The Balaban J connectivity index is 2.03. The molecule has 0 spiro atoms. The fourth-order valence-corrected chi connectivity index (χ4v) is 1.50. The highest BCUT2D eigenvalue weighted by atomic mass is 16.6. The maximum absolute atomic E-state index is 11.2. The van der Waals surface area contributed by atoms with E-state index in [0.717, 1.165) is 0 Å². The Morgan fingerprint density at radius 2 is 2.18 bits per heavy atom. The van der Waals surface area contributed by atoms with Gasteiger partial charge in [-0.1, -0.05) is 6.07 Å². The number of esters is 1. The van der Waals surface area contributed by atoms with Crippen molar-refractivity contribution in [1.82, 2.24) is 0 Å². The van der Waals surface area contributed by atoms with E-state index in [1.54, 1.807) is 25.1 Å². The summed E-state index contributed by atoms with van der Waals surface area (Å²) >= 11 is 0. The number of ether oxygens (including phenoxy) is 4. The lowest BCUT2D eigenvalue weighted by Gasteiger charge is -2.20. The fraction of sp³-hybridized carbons (Fsp3) is 0.417. The maximum atomic E-state index is 11.2. The lowest BCUT2D eigenvalue weighted by molar-refractivity contribution is -0.145.